The predicted octanol–water partition coefficient (Wildman–Crippen LogP) is 6.05. The average Bonchev–Trinajstić information content (AvgIpc) is 2.82. The summed E-state index contributed by atoms with van der Waals surface area (Å²) in [7, 11) is 0. The van der Waals surface area contributed by atoms with Gasteiger partial charge in [0, 0.05) is 46.3 Å². The van der Waals surface area contributed by atoms with E-state index in [0.29, 0.717) is 0 Å². The van der Waals surface area contributed by atoms with E-state index in [4.69, 9.17) is 0 Å². The third-order valence-electron chi connectivity index (χ3n) is 5.48. The molecule has 0 bridgehead atoms. The fourth-order valence-electron chi connectivity index (χ4n) is 4.02. The predicted molar refractivity (Wildman–Crippen MR) is 123 cm³/mol. The first-order valence-electron chi connectivity index (χ1n) is 9.81. The SMILES string of the molecule is C(=C\c1ccnc2c1ccc1cccnc12)/c1ccnc2c1ccc1cccnc12. The zero-order valence-corrected chi connectivity index (χ0v) is 16.0. The molecular weight excluding hydrogens is 368 g/mol. The summed E-state index contributed by atoms with van der Waals surface area (Å²) in [6.07, 6.45) is 11.6. The van der Waals surface area contributed by atoms with Gasteiger partial charge >= 0.3 is 0 Å². The topological polar surface area (TPSA) is 51.6 Å². The normalized spacial score (nSPS) is 11.9. The van der Waals surface area contributed by atoms with E-state index in [1.165, 1.54) is 0 Å². The first-order chi connectivity index (χ1) is 14.9. The molecule has 0 N–H and O–H groups in total. The zero-order valence-electron chi connectivity index (χ0n) is 16.0. The summed E-state index contributed by atoms with van der Waals surface area (Å²) < 4.78 is 0. The molecule has 6 rings (SSSR count). The minimum atomic E-state index is 0.921. The van der Waals surface area contributed by atoms with E-state index < -0.39 is 0 Å². The Morgan fingerprint density at radius 3 is 1.40 bits per heavy atom. The van der Waals surface area contributed by atoms with Crippen LogP contribution in [0.15, 0.2) is 85.5 Å². The molecule has 0 fully saturated rings. The highest BCUT2D eigenvalue weighted by molar-refractivity contribution is 6.08. The van der Waals surface area contributed by atoms with Crippen molar-refractivity contribution in [2.45, 2.75) is 0 Å². The maximum atomic E-state index is 4.59. The fourth-order valence-corrected chi connectivity index (χ4v) is 4.02. The lowest BCUT2D eigenvalue weighted by molar-refractivity contribution is 1.37. The van der Waals surface area contributed by atoms with E-state index >= 15 is 0 Å². The summed E-state index contributed by atoms with van der Waals surface area (Å²) in [4.78, 5) is 18.3. The van der Waals surface area contributed by atoms with Gasteiger partial charge in [-0.05, 0) is 35.4 Å². The number of rotatable bonds is 2. The Labute approximate surface area is 172 Å². The van der Waals surface area contributed by atoms with Gasteiger partial charge in [-0.1, -0.05) is 48.6 Å². The van der Waals surface area contributed by atoms with Crippen LogP contribution < -0.4 is 0 Å². The number of nitrogens with zero attached hydrogens (tertiary/aromatic N) is 4. The minimum Gasteiger partial charge on any atom is -0.254 e. The molecular formula is C26H16N4. The summed E-state index contributed by atoms with van der Waals surface area (Å²) in [6.45, 7) is 0. The van der Waals surface area contributed by atoms with Crippen molar-refractivity contribution in [1.82, 2.24) is 19.9 Å². The Hall–Kier alpha value is -4.18. The van der Waals surface area contributed by atoms with Crippen molar-refractivity contribution in [2.75, 3.05) is 0 Å². The van der Waals surface area contributed by atoms with E-state index in [1.54, 1.807) is 0 Å². The van der Waals surface area contributed by atoms with Crippen LogP contribution in [-0.2, 0) is 0 Å². The molecule has 2 aromatic carbocycles. The maximum absolute atomic E-state index is 4.59. The van der Waals surface area contributed by atoms with E-state index in [2.05, 4.69) is 68.5 Å². The summed E-state index contributed by atoms with van der Waals surface area (Å²) in [5, 5.41) is 4.37. The Morgan fingerprint density at radius 1 is 0.433 bits per heavy atom. The van der Waals surface area contributed by atoms with Gasteiger partial charge in [-0.3, -0.25) is 19.9 Å². The molecule has 0 unspecified atom stereocenters. The summed E-state index contributed by atoms with van der Waals surface area (Å²) in [5.74, 6) is 0. The molecule has 4 nitrogen and oxygen atoms in total. The largest absolute Gasteiger partial charge is 0.254 e. The van der Waals surface area contributed by atoms with Crippen LogP contribution in [-0.4, -0.2) is 19.9 Å². The van der Waals surface area contributed by atoms with Crippen LogP contribution in [0.2, 0.25) is 0 Å². The van der Waals surface area contributed by atoms with Gasteiger partial charge in [0.15, 0.2) is 0 Å². The van der Waals surface area contributed by atoms with E-state index in [1.807, 2.05) is 49.1 Å². The molecule has 0 atom stereocenters. The van der Waals surface area contributed by atoms with Crippen molar-refractivity contribution in [1.29, 1.82) is 0 Å². The number of benzene rings is 2. The van der Waals surface area contributed by atoms with Gasteiger partial charge in [-0.15, -0.1) is 0 Å². The number of fused-ring (bicyclic) bond motifs is 6. The molecule has 4 heterocycles. The lowest BCUT2D eigenvalue weighted by atomic mass is 10.0. The first kappa shape index (κ1) is 16.7. The van der Waals surface area contributed by atoms with Crippen molar-refractivity contribution in [3.05, 3.63) is 96.6 Å². The van der Waals surface area contributed by atoms with Crippen molar-refractivity contribution in [3.63, 3.8) is 0 Å². The molecule has 0 saturated carbocycles. The molecule has 0 aliphatic heterocycles. The molecule has 0 amide bonds. The highest BCUT2D eigenvalue weighted by Crippen LogP contribution is 2.28. The molecule has 0 saturated heterocycles. The van der Waals surface area contributed by atoms with Gasteiger partial charge in [-0.2, -0.15) is 0 Å². The summed E-state index contributed by atoms with van der Waals surface area (Å²) in [6, 6.07) is 20.5. The summed E-state index contributed by atoms with van der Waals surface area (Å²) >= 11 is 0. The Morgan fingerprint density at radius 2 is 0.900 bits per heavy atom. The Kier molecular flexibility index (Phi) is 3.74. The Balaban J connectivity index is 1.52. The third-order valence-corrected chi connectivity index (χ3v) is 5.48. The lowest BCUT2D eigenvalue weighted by Gasteiger charge is -2.06. The second-order valence-corrected chi connectivity index (χ2v) is 7.21. The second kappa shape index (κ2) is 6.71. The van der Waals surface area contributed by atoms with Crippen molar-refractivity contribution < 1.29 is 0 Å². The molecule has 30 heavy (non-hydrogen) atoms. The van der Waals surface area contributed by atoms with Crippen LogP contribution in [0.5, 0.6) is 0 Å². The molecule has 0 aliphatic rings. The summed E-state index contributed by atoms with van der Waals surface area (Å²) in [5.41, 5.74) is 5.91. The molecule has 0 aliphatic carbocycles. The van der Waals surface area contributed by atoms with Gasteiger partial charge < -0.3 is 0 Å². The smallest absolute Gasteiger partial charge is 0.0970 e. The number of pyridine rings is 4. The van der Waals surface area contributed by atoms with Crippen LogP contribution in [0, 0.1) is 0 Å². The van der Waals surface area contributed by atoms with Crippen LogP contribution in [0.1, 0.15) is 11.1 Å². The van der Waals surface area contributed by atoms with Gasteiger partial charge in [0.1, 0.15) is 0 Å². The van der Waals surface area contributed by atoms with E-state index in [9.17, 15) is 0 Å². The molecule has 4 aromatic heterocycles. The molecule has 6 aromatic rings. The van der Waals surface area contributed by atoms with Crippen LogP contribution >= 0.6 is 0 Å². The third kappa shape index (κ3) is 2.62. The molecule has 4 heteroatoms. The maximum Gasteiger partial charge on any atom is 0.0970 e. The van der Waals surface area contributed by atoms with Crippen LogP contribution in [0.25, 0.3) is 55.8 Å². The molecule has 0 spiro atoms. The molecule has 140 valence electrons. The quantitative estimate of drug-likeness (QED) is 0.341. The number of aromatic nitrogens is 4. The standard InChI is InChI=1S/C26H16N4/c1-3-19-7-9-21-17(11-15-29-25(21)23(19)27-13-1)5-6-18-12-16-30-26-22(18)10-8-20-4-2-14-28-24(20)26/h1-16H/b6-5+. The van der Waals surface area contributed by atoms with Gasteiger partial charge in [-0.25, -0.2) is 0 Å². The first-order valence-corrected chi connectivity index (χ1v) is 9.81. The van der Waals surface area contributed by atoms with Crippen molar-refractivity contribution in [3.8, 4) is 0 Å². The fraction of sp³-hybridized carbons (Fsp3) is 0. The monoisotopic (exact) mass is 384 g/mol. The van der Waals surface area contributed by atoms with Crippen molar-refractivity contribution in [2.24, 2.45) is 0 Å². The molecule has 0 radical (unpaired) electrons. The van der Waals surface area contributed by atoms with Crippen molar-refractivity contribution >= 4 is 55.8 Å². The van der Waals surface area contributed by atoms with Gasteiger partial charge in [0.2, 0.25) is 0 Å². The lowest BCUT2D eigenvalue weighted by Crippen LogP contribution is -1.88. The van der Waals surface area contributed by atoms with Crippen LogP contribution in [0.4, 0.5) is 0 Å². The van der Waals surface area contributed by atoms with Gasteiger partial charge in [0.25, 0.3) is 0 Å². The zero-order chi connectivity index (χ0) is 19.9. The Bertz CT molecular complexity index is 1480. The van der Waals surface area contributed by atoms with E-state index in [-0.39, 0.29) is 0 Å². The van der Waals surface area contributed by atoms with Gasteiger partial charge in [0.05, 0.1) is 22.1 Å². The highest BCUT2D eigenvalue weighted by Gasteiger charge is 2.07. The minimum absolute atomic E-state index is 0.921. The second-order valence-electron chi connectivity index (χ2n) is 7.21. The number of hydrogen-bond acceptors (Lipinski definition) is 4. The van der Waals surface area contributed by atoms with E-state index in [0.717, 1.165) is 54.7 Å². The average molecular weight is 384 g/mol. The van der Waals surface area contributed by atoms with Crippen LogP contribution in [0.3, 0.4) is 0 Å². The highest BCUT2D eigenvalue weighted by atomic mass is 14.7. The number of hydrogen-bond donors (Lipinski definition) is 0.